The van der Waals surface area contributed by atoms with Crippen LogP contribution in [0.15, 0.2) is 46.9 Å². The van der Waals surface area contributed by atoms with Crippen molar-refractivity contribution < 1.29 is 5.11 Å². The van der Waals surface area contributed by atoms with Crippen molar-refractivity contribution in [2.75, 3.05) is 0 Å². The van der Waals surface area contributed by atoms with Crippen LogP contribution in [-0.4, -0.2) is 5.11 Å². The lowest BCUT2D eigenvalue weighted by Crippen LogP contribution is -2.01. The molecule has 2 aromatic rings. The lowest BCUT2D eigenvalue weighted by Gasteiger charge is -2.14. The molecule has 18 heavy (non-hydrogen) atoms. The molecule has 0 fully saturated rings. The van der Waals surface area contributed by atoms with Gasteiger partial charge in [0, 0.05) is 9.50 Å². The molecule has 0 aromatic heterocycles. The Morgan fingerprint density at radius 3 is 2.67 bits per heavy atom. The summed E-state index contributed by atoms with van der Waals surface area (Å²) in [5.74, 6) is 0. The molecule has 1 nitrogen and oxygen atoms in total. The van der Waals surface area contributed by atoms with Crippen molar-refractivity contribution in [3.8, 4) is 0 Å². The highest BCUT2D eigenvalue weighted by Gasteiger charge is 2.14. The lowest BCUT2D eigenvalue weighted by atomic mass is 9.99. The zero-order valence-electron chi connectivity index (χ0n) is 10.0. The third-order valence-corrected chi connectivity index (χ3v) is 3.85. The van der Waals surface area contributed by atoms with E-state index in [0.717, 1.165) is 22.0 Å². The van der Waals surface area contributed by atoms with Crippen molar-refractivity contribution in [3.63, 3.8) is 0 Å². The van der Waals surface area contributed by atoms with Crippen LogP contribution in [-0.2, 0) is 6.42 Å². The number of halogens is 2. The highest BCUT2D eigenvalue weighted by Crippen LogP contribution is 2.30. The van der Waals surface area contributed by atoms with Crippen LogP contribution in [0.4, 0.5) is 0 Å². The van der Waals surface area contributed by atoms with Crippen LogP contribution >= 0.6 is 27.5 Å². The number of aliphatic hydroxyl groups is 1. The molecule has 2 rings (SSSR count). The average molecular weight is 326 g/mol. The first-order valence-corrected chi connectivity index (χ1v) is 7.00. The average Bonchev–Trinajstić information content (AvgIpc) is 2.38. The van der Waals surface area contributed by atoms with E-state index in [0.29, 0.717) is 5.02 Å². The molecular formula is C15H14BrClO. The number of hydrogen-bond acceptors (Lipinski definition) is 1. The van der Waals surface area contributed by atoms with Crippen LogP contribution < -0.4 is 0 Å². The molecule has 3 heteroatoms. The first-order chi connectivity index (χ1) is 8.61. The Morgan fingerprint density at radius 1 is 1.22 bits per heavy atom. The Labute approximate surface area is 121 Å². The molecule has 0 saturated carbocycles. The van der Waals surface area contributed by atoms with Gasteiger partial charge < -0.3 is 5.11 Å². The predicted octanol–water partition coefficient (Wildman–Crippen LogP) is 4.75. The number of rotatable bonds is 3. The minimum absolute atomic E-state index is 0.636. The molecule has 0 spiro atoms. The summed E-state index contributed by atoms with van der Waals surface area (Å²) >= 11 is 9.34. The van der Waals surface area contributed by atoms with E-state index in [9.17, 15) is 5.11 Å². The Bertz CT molecular complexity index is 554. The molecule has 0 radical (unpaired) electrons. The van der Waals surface area contributed by atoms with Gasteiger partial charge in [0.2, 0.25) is 0 Å². The first kappa shape index (κ1) is 13.6. The maximum absolute atomic E-state index is 10.4. The van der Waals surface area contributed by atoms with E-state index < -0.39 is 6.10 Å². The molecular weight excluding hydrogens is 312 g/mol. The Kier molecular flexibility index (Phi) is 4.44. The van der Waals surface area contributed by atoms with Crippen LogP contribution in [0.3, 0.4) is 0 Å². The molecule has 0 aliphatic carbocycles. The van der Waals surface area contributed by atoms with Gasteiger partial charge in [0.25, 0.3) is 0 Å². The Morgan fingerprint density at radius 2 is 2.00 bits per heavy atom. The highest BCUT2D eigenvalue weighted by atomic mass is 79.9. The summed E-state index contributed by atoms with van der Waals surface area (Å²) in [4.78, 5) is 0. The van der Waals surface area contributed by atoms with E-state index in [2.05, 4.69) is 28.9 Å². The van der Waals surface area contributed by atoms with Gasteiger partial charge in [-0.05, 0) is 35.2 Å². The quantitative estimate of drug-likeness (QED) is 0.863. The van der Waals surface area contributed by atoms with Gasteiger partial charge in [0.1, 0.15) is 6.10 Å². The van der Waals surface area contributed by atoms with Crippen molar-refractivity contribution >= 4 is 27.5 Å². The second kappa shape index (κ2) is 5.87. The topological polar surface area (TPSA) is 20.2 Å². The van der Waals surface area contributed by atoms with E-state index in [1.165, 1.54) is 5.56 Å². The van der Waals surface area contributed by atoms with Crippen molar-refractivity contribution in [3.05, 3.63) is 68.7 Å². The Hall–Kier alpha value is -0.830. The van der Waals surface area contributed by atoms with Crippen LogP contribution in [0.1, 0.15) is 29.7 Å². The van der Waals surface area contributed by atoms with Gasteiger partial charge in [-0.15, -0.1) is 0 Å². The van der Waals surface area contributed by atoms with Crippen LogP contribution in [0.5, 0.6) is 0 Å². The van der Waals surface area contributed by atoms with Crippen LogP contribution in [0, 0.1) is 0 Å². The summed E-state index contributed by atoms with van der Waals surface area (Å²) in [5, 5.41) is 11.1. The third kappa shape index (κ3) is 2.94. The second-order valence-electron chi connectivity index (χ2n) is 4.17. The van der Waals surface area contributed by atoms with E-state index in [-0.39, 0.29) is 0 Å². The fraction of sp³-hybridized carbons (Fsp3) is 0.200. The fourth-order valence-corrected chi connectivity index (χ4v) is 2.79. The summed E-state index contributed by atoms with van der Waals surface area (Å²) in [6.07, 6.45) is 0.325. The smallest absolute Gasteiger partial charge is 0.105 e. The number of benzene rings is 2. The number of aliphatic hydroxyl groups excluding tert-OH is 1. The van der Waals surface area contributed by atoms with Gasteiger partial charge >= 0.3 is 0 Å². The summed E-state index contributed by atoms with van der Waals surface area (Å²) in [6.45, 7) is 2.10. The van der Waals surface area contributed by atoms with Gasteiger partial charge in [0.15, 0.2) is 0 Å². The molecule has 1 N–H and O–H groups in total. The van der Waals surface area contributed by atoms with Gasteiger partial charge in [-0.1, -0.05) is 64.8 Å². The predicted molar refractivity (Wildman–Crippen MR) is 79.0 cm³/mol. The molecule has 1 unspecified atom stereocenters. The van der Waals surface area contributed by atoms with Crippen molar-refractivity contribution in [2.24, 2.45) is 0 Å². The van der Waals surface area contributed by atoms with E-state index >= 15 is 0 Å². The first-order valence-electron chi connectivity index (χ1n) is 5.83. The SMILES string of the molecule is CCc1cccc(C(O)c2ccc(Cl)cc2Br)c1. The maximum Gasteiger partial charge on any atom is 0.105 e. The van der Waals surface area contributed by atoms with Gasteiger partial charge in [-0.3, -0.25) is 0 Å². The maximum atomic E-state index is 10.4. The number of hydrogen-bond donors (Lipinski definition) is 1. The zero-order valence-corrected chi connectivity index (χ0v) is 12.4. The highest BCUT2D eigenvalue weighted by molar-refractivity contribution is 9.10. The van der Waals surface area contributed by atoms with Crippen molar-refractivity contribution in [1.82, 2.24) is 0 Å². The Balaban J connectivity index is 2.37. The summed E-state index contributed by atoms with van der Waals surface area (Å²) in [5.41, 5.74) is 2.95. The number of aryl methyl sites for hydroxylation is 1. The fourth-order valence-electron chi connectivity index (χ4n) is 1.89. The van der Waals surface area contributed by atoms with E-state index in [1.54, 1.807) is 12.1 Å². The van der Waals surface area contributed by atoms with E-state index in [4.69, 9.17) is 11.6 Å². The van der Waals surface area contributed by atoms with Gasteiger partial charge in [0.05, 0.1) is 0 Å². The van der Waals surface area contributed by atoms with E-state index in [1.807, 2.05) is 24.3 Å². The summed E-state index contributed by atoms with van der Waals surface area (Å²) in [6, 6.07) is 13.4. The zero-order chi connectivity index (χ0) is 13.1. The van der Waals surface area contributed by atoms with Gasteiger partial charge in [-0.25, -0.2) is 0 Å². The summed E-state index contributed by atoms with van der Waals surface area (Å²) < 4.78 is 0.824. The molecule has 0 heterocycles. The summed E-state index contributed by atoms with van der Waals surface area (Å²) in [7, 11) is 0. The van der Waals surface area contributed by atoms with Crippen LogP contribution in [0.25, 0.3) is 0 Å². The normalized spacial score (nSPS) is 12.4. The standard InChI is InChI=1S/C15H14BrClO/c1-2-10-4-3-5-11(8-10)15(18)13-7-6-12(17)9-14(13)16/h3-9,15,18H,2H2,1H3. The van der Waals surface area contributed by atoms with Gasteiger partial charge in [-0.2, -0.15) is 0 Å². The van der Waals surface area contributed by atoms with Crippen molar-refractivity contribution in [2.45, 2.75) is 19.4 Å². The van der Waals surface area contributed by atoms with Crippen molar-refractivity contribution in [1.29, 1.82) is 0 Å². The second-order valence-corrected chi connectivity index (χ2v) is 5.46. The molecule has 94 valence electrons. The molecule has 1 atom stereocenters. The minimum Gasteiger partial charge on any atom is -0.384 e. The molecule has 0 bridgehead atoms. The minimum atomic E-state index is -0.636. The molecule has 0 saturated heterocycles. The van der Waals surface area contributed by atoms with Crippen LogP contribution in [0.2, 0.25) is 5.02 Å². The molecule has 0 aliphatic heterocycles. The largest absolute Gasteiger partial charge is 0.384 e. The monoisotopic (exact) mass is 324 g/mol. The molecule has 0 aliphatic rings. The molecule has 0 amide bonds. The third-order valence-electron chi connectivity index (χ3n) is 2.93. The lowest BCUT2D eigenvalue weighted by molar-refractivity contribution is 0.219. The molecule has 2 aromatic carbocycles.